The number of rotatable bonds is 8. The van der Waals surface area contributed by atoms with E-state index >= 15 is 0 Å². The number of benzene rings is 2. The zero-order valence-electron chi connectivity index (χ0n) is 15.3. The van der Waals surface area contributed by atoms with Crippen LogP contribution in [-0.2, 0) is 4.79 Å². The summed E-state index contributed by atoms with van der Waals surface area (Å²) in [5.74, 6) is 1.67. The SMILES string of the molecule is CCCNC(=O)COc1ccc(-c2noc(-c3ccccc3)n2)cc1OC. The van der Waals surface area contributed by atoms with Crippen molar-refractivity contribution in [1.82, 2.24) is 15.5 Å². The molecule has 0 aliphatic rings. The molecule has 1 heterocycles. The Morgan fingerprint density at radius 1 is 1.11 bits per heavy atom. The number of nitrogens with one attached hydrogen (secondary N) is 1. The molecule has 1 amide bonds. The molecule has 27 heavy (non-hydrogen) atoms. The molecule has 7 heteroatoms. The summed E-state index contributed by atoms with van der Waals surface area (Å²) in [6, 6.07) is 14.8. The van der Waals surface area contributed by atoms with E-state index in [0.29, 0.717) is 29.8 Å². The van der Waals surface area contributed by atoms with Crippen LogP contribution >= 0.6 is 0 Å². The Morgan fingerprint density at radius 3 is 2.67 bits per heavy atom. The second kappa shape index (κ2) is 8.84. The van der Waals surface area contributed by atoms with Crippen LogP contribution in [0.2, 0.25) is 0 Å². The fourth-order valence-electron chi connectivity index (χ4n) is 2.42. The summed E-state index contributed by atoms with van der Waals surface area (Å²) in [4.78, 5) is 16.1. The molecular formula is C20H21N3O4. The van der Waals surface area contributed by atoms with Gasteiger partial charge in [-0.15, -0.1) is 0 Å². The van der Waals surface area contributed by atoms with Gasteiger partial charge in [0.1, 0.15) is 0 Å². The van der Waals surface area contributed by atoms with Crippen LogP contribution in [0.1, 0.15) is 13.3 Å². The molecule has 0 bridgehead atoms. The van der Waals surface area contributed by atoms with E-state index in [2.05, 4.69) is 15.5 Å². The summed E-state index contributed by atoms with van der Waals surface area (Å²) < 4.78 is 16.3. The third kappa shape index (κ3) is 4.63. The number of carbonyl (C=O) groups is 1. The van der Waals surface area contributed by atoms with Crippen molar-refractivity contribution in [1.29, 1.82) is 0 Å². The van der Waals surface area contributed by atoms with Crippen molar-refractivity contribution in [2.45, 2.75) is 13.3 Å². The van der Waals surface area contributed by atoms with Crippen molar-refractivity contribution in [3.8, 4) is 34.3 Å². The molecule has 3 aromatic rings. The van der Waals surface area contributed by atoms with E-state index in [1.807, 2.05) is 37.3 Å². The number of amides is 1. The lowest BCUT2D eigenvalue weighted by molar-refractivity contribution is -0.123. The summed E-state index contributed by atoms with van der Waals surface area (Å²) in [6.45, 7) is 2.54. The first-order valence-electron chi connectivity index (χ1n) is 8.68. The van der Waals surface area contributed by atoms with Crippen LogP contribution in [-0.4, -0.2) is 36.3 Å². The zero-order valence-corrected chi connectivity index (χ0v) is 15.3. The van der Waals surface area contributed by atoms with Crippen molar-refractivity contribution in [3.63, 3.8) is 0 Å². The lowest BCUT2D eigenvalue weighted by Crippen LogP contribution is -2.29. The molecule has 1 N–H and O–H groups in total. The van der Waals surface area contributed by atoms with E-state index in [1.54, 1.807) is 18.2 Å². The smallest absolute Gasteiger partial charge is 0.258 e. The number of hydrogen-bond acceptors (Lipinski definition) is 6. The number of aromatic nitrogens is 2. The van der Waals surface area contributed by atoms with Crippen LogP contribution in [0, 0.1) is 0 Å². The van der Waals surface area contributed by atoms with Crippen LogP contribution in [0.4, 0.5) is 0 Å². The highest BCUT2D eigenvalue weighted by Crippen LogP contribution is 2.32. The van der Waals surface area contributed by atoms with Gasteiger partial charge in [0.05, 0.1) is 7.11 Å². The molecule has 0 fully saturated rings. The minimum Gasteiger partial charge on any atom is -0.493 e. The zero-order chi connectivity index (χ0) is 19.1. The molecule has 7 nitrogen and oxygen atoms in total. The first-order valence-corrected chi connectivity index (χ1v) is 8.68. The van der Waals surface area contributed by atoms with Gasteiger partial charge in [0.15, 0.2) is 18.1 Å². The number of ether oxygens (including phenoxy) is 2. The number of methoxy groups -OCH3 is 1. The Bertz CT molecular complexity index is 893. The lowest BCUT2D eigenvalue weighted by Gasteiger charge is -2.11. The average molecular weight is 367 g/mol. The van der Waals surface area contributed by atoms with Crippen LogP contribution in [0.25, 0.3) is 22.8 Å². The Labute approximate surface area is 157 Å². The average Bonchev–Trinajstić information content (AvgIpc) is 3.21. The maximum absolute atomic E-state index is 11.7. The van der Waals surface area contributed by atoms with Crippen molar-refractivity contribution in [3.05, 3.63) is 48.5 Å². The highest BCUT2D eigenvalue weighted by atomic mass is 16.5. The number of carbonyl (C=O) groups excluding carboxylic acids is 1. The van der Waals surface area contributed by atoms with Gasteiger partial charge in [-0.3, -0.25) is 4.79 Å². The van der Waals surface area contributed by atoms with Crippen molar-refractivity contribution in [2.24, 2.45) is 0 Å². The fraction of sp³-hybridized carbons (Fsp3) is 0.250. The lowest BCUT2D eigenvalue weighted by atomic mass is 10.2. The summed E-state index contributed by atoms with van der Waals surface area (Å²) >= 11 is 0. The molecule has 3 rings (SSSR count). The van der Waals surface area contributed by atoms with Gasteiger partial charge in [-0.1, -0.05) is 30.3 Å². The van der Waals surface area contributed by atoms with Gasteiger partial charge >= 0.3 is 0 Å². The molecule has 0 unspecified atom stereocenters. The Hall–Kier alpha value is -3.35. The van der Waals surface area contributed by atoms with Crippen LogP contribution in [0.15, 0.2) is 53.1 Å². The minimum atomic E-state index is -0.173. The molecule has 0 spiro atoms. The van der Waals surface area contributed by atoms with E-state index < -0.39 is 0 Å². The third-order valence-electron chi connectivity index (χ3n) is 3.80. The highest BCUT2D eigenvalue weighted by molar-refractivity contribution is 5.77. The molecule has 0 atom stereocenters. The summed E-state index contributed by atoms with van der Waals surface area (Å²) in [5, 5.41) is 6.79. The molecule has 0 saturated carbocycles. The minimum absolute atomic E-state index is 0.0733. The molecule has 1 aromatic heterocycles. The highest BCUT2D eigenvalue weighted by Gasteiger charge is 2.14. The maximum Gasteiger partial charge on any atom is 0.258 e. The predicted octanol–water partition coefficient (Wildman–Crippen LogP) is 3.32. The summed E-state index contributed by atoms with van der Waals surface area (Å²) in [7, 11) is 1.54. The van der Waals surface area contributed by atoms with Gasteiger partial charge < -0.3 is 19.3 Å². The number of nitrogens with zero attached hydrogens (tertiary/aromatic N) is 2. The van der Waals surface area contributed by atoms with Gasteiger partial charge in [-0.25, -0.2) is 0 Å². The summed E-state index contributed by atoms with van der Waals surface area (Å²) in [5.41, 5.74) is 1.57. The summed E-state index contributed by atoms with van der Waals surface area (Å²) in [6.07, 6.45) is 0.874. The molecule has 0 aliphatic carbocycles. The second-order valence-electron chi connectivity index (χ2n) is 5.79. The fourth-order valence-corrected chi connectivity index (χ4v) is 2.42. The number of hydrogen-bond donors (Lipinski definition) is 1. The molecule has 0 aliphatic heterocycles. The van der Waals surface area contributed by atoms with E-state index in [0.717, 1.165) is 17.5 Å². The first-order chi connectivity index (χ1) is 13.2. The Balaban J connectivity index is 1.74. The van der Waals surface area contributed by atoms with E-state index in [1.165, 1.54) is 7.11 Å². The maximum atomic E-state index is 11.7. The Morgan fingerprint density at radius 2 is 1.93 bits per heavy atom. The van der Waals surface area contributed by atoms with Gasteiger partial charge in [0, 0.05) is 17.7 Å². The Kier molecular flexibility index (Phi) is 6.04. The van der Waals surface area contributed by atoms with Crippen LogP contribution in [0.5, 0.6) is 11.5 Å². The first kappa shape index (κ1) is 18.4. The van der Waals surface area contributed by atoms with Crippen molar-refractivity contribution < 1.29 is 18.8 Å². The van der Waals surface area contributed by atoms with E-state index in [4.69, 9.17) is 14.0 Å². The standard InChI is InChI=1S/C20H21N3O4/c1-3-11-21-18(24)13-26-16-10-9-15(12-17(16)25-2)19-22-20(27-23-19)14-7-5-4-6-8-14/h4-10,12H,3,11,13H2,1-2H3,(H,21,24). The van der Waals surface area contributed by atoms with Crippen LogP contribution in [0.3, 0.4) is 0 Å². The molecule has 2 aromatic carbocycles. The topological polar surface area (TPSA) is 86.5 Å². The predicted molar refractivity (Wildman–Crippen MR) is 101 cm³/mol. The van der Waals surface area contributed by atoms with Crippen molar-refractivity contribution >= 4 is 5.91 Å². The van der Waals surface area contributed by atoms with E-state index in [-0.39, 0.29) is 12.5 Å². The quantitative estimate of drug-likeness (QED) is 0.657. The second-order valence-corrected chi connectivity index (χ2v) is 5.79. The van der Waals surface area contributed by atoms with Gasteiger partial charge in [0.25, 0.3) is 11.8 Å². The monoisotopic (exact) mass is 367 g/mol. The van der Waals surface area contributed by atoms with Crippen LogP contribution < -0.4 is 14.8 Å². The molecule has 140 valence electrons. The van der Waals surface area contributed by atoms with E-state index in [9.17, 15) is 4.79 Å². The molecule has 0 radical (unpaired) electrons. The third-order valence-corrected chi connectivity index (χ3v) is 3.80. The van der Waals surface area contributed by atoms with Gasteiger partial charge in [0.2, 0.25) is 5.82 Å². The largest absolute Gasteiger partial charge is 0.493 e. The van der Waals surface area contributed by atoms with Crippen molar-refractivity contribution in [2.75, 3.05) is 20.3 Å². The van der Waals surface area contributed by atoms with Gasteiger partial charge in [-0.05, 0) is 36.8 Å². The normalized spacial score (nSPS) is 10.4. The molecular weight excluding hydrogens is 346 g/mol. The van der Waals surface area contributed by atoms with Gasteiger partial charge in [-0.2, -0.15) is 4.98 Å². The molecule has 0 saturated heterocycles.